The Kier molecular flexibility index (Phi) is 2.43. The molecule has 76 valence electrons. The lowest BCUT2D eigenvalue weighted by Crippen LogP contribution is -2.21. The number of hydrogen-bond donors (Lipinski definition) is 1. The van der Waals surface area contributed by atoms with Gasteiger partial charge in [-0.3, -0.25) is 4.79 Å². The number of benzene rings is 1. The first-order valence-electron chi connectivity index (χ1n) is 4.29. The fourth-order valence-electron chi connectivity index (χ4n) is 1.20. The number of aromatic nitrogens is 2. The van der Waals surface area contributed by atoms with Crippen molar-refractivity contribution in [1.29, 1.82) is 0 Å². The predicted molar refractivity (Wildman–Crippen MR) is 59.3 cm³/mol. The molecule has 15 heavy (non-hydrogen) atoms. The number of nitrogen functional groups attached to an aromatic ring is 1. The first-order valence-corrected chi connectivity index (χ1v) is 4.67. The van der Waals surface area contributed by atoms with Crippen LogP contribution >= 0.6 is 11.6 Å². The lowest BCUT2D eigenvalue weighted by atomic mass is 10.3. The Morgan fingerprint density at radius 1 is 1.27 bits per heavy atom. The minimum absolute atomic E-state index is 0.124. The van der Waals surface area contributed by atoms with Crippen LogP contribution in [0.3, 0.4) is 0 Å². The lowest BCUT2D eigenvalue weighted by Gasteiger charge is -2.04. The van der Waals surface area contributed by atoms with Gasteiger partial charge in [0.05, 0.1) is 11.4 Å². The van der Waals surface area contributed by atoms with Gasteiger partial charge in [0, 0.05) is 6.07 Å². The third kappa shape index (κ3) is 1.85. The van der Waals surface area contributed by atoms with E-state index in [9.17, 15) is 4.79 Å². The van der Waals surface area contributed by atoms with Gasteiger partial charge in [-0.25, -0.2) is 0 Å². The molecule has 0 saturated heterocycles. The maximum atomic E-state index is 11.6. The highest BCUT2D eigenvalue weighted by molar-refractivity contribution is 6.31. The molecule has 4 nitrogen and oxygen atoms in total. The molecule has 0 aliphatic carbocycles. The minimum Gasteiger partial charge on any atom is -0.396 e. The first kappa shape index (κ1) is 9.73. The molecule has 0 aliphatic heterocycles. The van der Waals surface area contributed by atoms with E-state index in [1.165, 1.54) is 10.7 Å². The molecule has 0 amide bonds. The van der Waals surface area contributed by atoms with Gasteiger partial charge in [0.2, 0.25) is 0 Å². The molecule has 0 aliphatic rings. The van der Waals surface area contributed by atoms with Gasteiger partial charge in [0.25, 0.3) is 5.56 Å². The molecule has 2 N–H and O–H groups in total. The average Bonchev–Trinajstić information content (AvgIpc) is 2.25. The van der Waals surface area contributed by atoms with Crippen molar-refractivity contribution < 1.29 is 0 Å². The van der Waals surface area contributed by atoms with Gasteiger partial charge in [-0.15, -0.1) is 0 Å². The van der Waals surface area contributed by atoms with Crippen LogP contribution in [-0.2, 0) is 0 Å². The molecule has 0 bridgehead atoms. The topological polar surface area (TPSA) is 60.9 Å². The molecule has 0 radical (unpaired) electrons. The van der Waals surface area contributed by atoms with Gasteiger partial charge in [-0.05, 0) is 12.1 Å². The van der Waals surface area contributed by atoms with E-state index in [4.69, 9.17) is 17.3 Å². The molecular weight excluding hydrogens is 214 g/mol. The Bertz CT molecular complexity index is 536. The van der Waals surface area contributed by atoms with Gasteiger partial charge in [0.15, 0.2) is 5.15 Å². The second kappa shape index (κ2) is 3.74. The van der Waals surface area contributed by atoms with Crippen LogP contribution in [-0.4, -0.2) is 9.78 Å². The van der Waals surface area contributed by atoms with E-state index in [0.717, 1.165) is 0 Å². The van der Waals surface area contributed by atoms with Crippen LogP contribution in [0.4, 0.5) is 5.69 Å². The molecule has 0 fully saturated rings. The predicted octanol–water partition coefficient (Wildman–Crippen LogP) is 1.47. The molecule has 0 atom stereocenters. The number of nitrogens with two attached hydrogens (primary N) is 1. The first-order chi connectivity index (χ1) is 7.18. The van der Waals surface area contributed by atoms with E-state index in [1.54, 1.807) is 12.1 Å². The van der Waals surface area contributed by atoms with Crippen molar-refractivity contribution in [3.8, 4) is 5.69 Å². The summed E-state index contributed by atoms with van der Waals surface area (Å²) >= 11 is 5.74. The number of halogens is 1. The van der Waals surface area contributed by atoms with Crippen LogP contribution in [0.25, 0.3) is 5.69 Å². The van der Waals surface area contributed by atoms with Crippen LogP contribution < -0.4 is 11.3 Å². The van der Waals surface area contributed by atoms with Crippen molar-refractivity contribution in [2.24, 2.45) is 0 Å². The van der Waals surface area contributed by atoms with Crippen molar-refractivity contribution >= 4 is 17.3 Å². The summed E-state index contributed by atoms with van der Waals surface area (Å²) in [5, 5.41) is 4.01. The second-order valence-electron chi connectivity index (χ2n) is 2.98. The van der Waals surface area contributed by atoms with Crippen LogP contribution in [0.15, 0.2) is 41.2 Å². The largest absolute Gasteiger partial charge is 0.396 e. The minimum atomic E-state index is -0.303. The van der Waals surface area contributed by atoms with Crippen molar-refractivity contribution in [3.63, 3.8) is 0 Å². The summed E-state index contributed by atoms with van der Waals surface area (Å²) in [7, 11) is 0. The summed E-state index contributed by atoms with van der Waals surface area (Å²) in [6.07, 6.45) is 0. The molecule has 2 rings (SSSR count). The number of hydrogen-bond acceptors (Lipinski definition) is 3. The Labute approximate surface area is 90.9 Å². The van der Waals surface area contributed by atoms with Crippen molar-refractivity contribution in [1.82, 2.24) is 9.78 Å². The molecule has 0 saturated carbocycles. The van der Waals surface area contributed by atoms with Gasteiger partial charge in [0.1, 0.15) is 0 Å². The quantitative estimate of drug-likeness (QED) is 0.793. The smallest absolute Gasteiger partial charge is 0.273 e. The summed E-state index contributed by atoms with van der Waals surface area (Å²) in [5.74, 6) is 0. The van der Waals surface area contributed by atoms with Crippen LogP contribution in [0.2, 0.25) is 5.15 Å². The zero-order chi connectivity index (χ0) is 10.8. The molecule has 1 aromatic heterocycles. The van der Waals surface area contributed by atoms with E-state index in [2.05, 4.69) is 5.10 Å². The van der Waals surface area contributed by atoms with E-state index in [-0.39, 0.29) is 16.4 Å². The zero-order valence-electron chi connectivity index (χ0n) is 7.72. The van der Waals surface area contributed by atoms with Gasteiger partial charge in [-0.2, -0.15) is 9.78 Å². The third-order valence-electron chi connectivity index (χ3n) is 1.91. The Balaban J connectivity index is 2.65. The van der Waals surface area contributed by atoms with E-state index < -0.39 is 0 Å². The fourth-order valence-corrected chi connectivity index (χ4v) is 1.33. The van der Waals surface area contributed by atoms with Gasteiger partial charge in [-0.1, -0.05) is 29.8 Å². The molecule has 2 aromatic rings. The summed E-state index contributed by atoms with van der Waals surface area (Å²) in [6, 6.07) is 10.3. The van der Waals surface area contributed by atoms with E-state index in [0.29, 0.717) is 5.69 Å². The summed E-state index contributed by atoms with van der Waals surface area (Å²) in [5.41, 5.74) is 6.00. The Morgan fingerprint density at radius 3 is 2.60 bits per heavy atom. The van der Waals surface area contributed by atoms with E-state index >= 15 is 0 Å². The third-order valence-corrected chi connectivity index (χ3v) is 2.21. The monoisotopic (exact) mass is 221 g/mol. The highest BCUT2D eigenvalue weighted by Crippen LogP contribution is 2.12. The highest BCUT2D eigenvalue weighted by atomic mass is 35.5. The molecule has 0 unspecified atom stereocenters. The molecule has 0 spiro atoms. The average molecular weight is 222 g/mol. The summed E-state index contributed by atoms with van der Waals surface area (Å²) in [4.78, 5) is 11.6. The standard InChI is InChI=1S/C10H8ClN3O/c11-10-8(12)6-9(15)14(13-10)7-4-2-1-3-5-7/h1-6H,12H2. The number of anilines is 1. The van der Waals surface area contributed by atoms with Gasteiger partial charge >= 0.3 is 0 Å². The number of nitrogens with zero attached hydrogens (tertiary/aromatic N) is 2. The van der Waals surface area contributed by atoms with Crippen molar-refractivity contribution in [2.75, 3.05) is 5.73 Å². The maximum absolute atomic E-state index is 11.6. The number of rotatable bonds is 1. The normalized spacial score (nSPS) is 10.2. The zero-order valence-corrected chi connectivity index (χ0v) is 8.48. The van der Waals surface area contributed by atoms with Crippen LogP contribution in [0.1, 0.15) is 0 Å². The fraction of sp³-hybridized carbons (Fsp3) is 0. The summed E-state index contributed by atoms with van der Waals surface area (Å²) < 4.78 is 1.21. The van der Waals surface area contributed by atoms with Crippen molar-refractivity contribution in [3.05, 3.63) is 51.9 Å². The number of para-hydroxylation sites is 1. The van der Waals surface area contributed by atoms with Crippen LogP contribution in [0.5, 0.6) is 0 Å². The highest BCUT2D eigenvalue weighted by Gasteiger charge is 2.04. The lowest BCUT2D eigenvalue weighted by molar-refractivity contribution is 0.810. The second-order valence-corrected chi connectivity index (χ2v) is 3.33. The molecular formula is C10H8ClN3O. The van der Waals surface area contributed by atoms with Crippen LogP contribution in [0, 0.1) is 0 Å². The van der Waals surface area contributed by atoms with Crippen molar-refractivity contribution in [2.45, 2.75) is 0 Å². The SMILES string of the molecule is Nc1cc(=O)n(-c2ccccc2)nc1Cl. The van der Waals surface area contributed by atoms with Gasteiger partial charge < -0.3 is 5.73 Å². The summed E-state index contributed by atoms with van der Waals surface area (Å²) in [6.45, 7) is 0. The Morgan fingerprint density at radius 2 is 1.93 bits per heavy atom. The maximum Gasteiger partial charge on any atom is 0.273 e. The van der Waals surface area contributed by atoms with E-state index in [1.807, 2.05) is 18.2 Å². The molecule has 5 heteroatoms. The molecule has 1 heterocycles. The Hall–Kier alpha value is -1.81. The molecule has 1 aromatic carbocycles.